The molecule has 13 heteroatoms. The molecule has 0 atom stereocenters. The number of aromatic nitrogens is 10. The van der Waals surface area contributed by atoms with Crippen molar-refractivity contribution in [3.05, 3.63) is 413 Å². The molecule has 0 fully saturated rings. The molecule has 8 aromatic heterocycles. The highest BCUT2D eigenvalue weighted by Crippen LogP contribution is 2.41. The van der Waals surface area contributed by atoms with Crippen LogP contribution in [0.2, 0.25) is 0 Å². The molecule has 552 valence electrons. The first kappa shape index (κ1) is 67.1. The van der Waals surface area contributed by atoms with Crippen molar-refractivity contribution in [3.63, 3.8) is 0 Å². The molecule has 0 aliphatic rings. The van der Waals surface area contributed by atoms with Crippen molar-refractivity contribution < 1.29 is 4.42 Å². The summed E-state index contributed by atoms with van der Waals surface area (Å²) in [6.07, 6.45) is 0. The molecule has 8 heterocycles. The zero-order chi connectivity index (χ0) is 77.6. The fraction of sp³-hybridized carbons (Fsp3) is 0. The fourth-order valence-electron chi connectivity index (χ4n) is 19.3. The Kier molecular flexibility index (Phi) is 15.1. The average Bonchev–Trinajstić information content (AvgIpc) is 1.47. The lowest BCUT2D eigenvalue weighted by molar-refractivity contribution is 0.669. The molecule has 0 unspecified atom stereocenters. The standard InChI is InChI=1S/C105H68N10OSi2/c1-6-30-72(31-7-1)117(73-32-8-2-9-33-73,74-34-10-3-11-35-74)77-58-54-69(55-59-77)103-107-99(111-88-46-22-16-40-79(88)80-41-17-23-47-89(80)111)67-100(108-103)113-92-50-26-20-44-83(92)85-64-70(57-62-93(85)113)71-56-61-87-96(65-71)114-94-51-27-28-52-95(94)115(105(114)106-87)102-68-101(112-90-48-24-18-42-81(90)82-43-19-25-49-91(82)112)109-104(110-102)118(75-36-12-4-13-37-75,76-38-14-5-15-39-76)78-60-63-98-86(66-78)84-45-21-29-53-97(84)116-98/h1-68H. The normalized spacial score (nSPS) is 12.2. The summed E-state index contributed by atoms with van der Waals surface area (Å²) in [6, 6.07) is 149. The smallest absolute Gasteiger partial charge is 0.226 e. The van der Waals surface area contributed by atoms with Gasteiger partial charge in [-0.2, -0.15) is 0 Å². The van der Waals surface area contributed by atoms with Crippen molar-refractivity contribution in [1.29, 1.82) is 0 Å². The van der Waals surface area contributed by atoms with E-state index in [4.69, 9.17) is 29.3 Å². The highest BCUT2D eigenvalue weighted by Gasteiger charge is 2.47. The van der Waals surface area contributed by atoms with Crippen LogP contribution >= 0.6 is 0 Å². The van der Waals surface area contributed by atoms with Crippen molar-refractivity contribution in [2.24, 2.45) is 0 Å². The van der Waals surface area contributed by atoms with E-state index >= 15 is 0 Å². The molecule has 0 amide bonds. The first-order valence-electron chi connectivity index (χ1n) is 40.0. The molecule has 0 spiro atoms. The number of benzene rings is 16. The highest BCUT2D eigenvalue weighted by molar-refractivity contribution is 7.20. The predicted molar refractivity (Wildman–Crippen MR) is 489 cm³/mol. The van der Waals surface area contributed by atoms with E-state index in [9.17, 15) is 0 Å². The molecule has 0 N–H and O–H groups in total. The zero-order valence-electron chi connectivity index (χ0n) is 63.6. The number of nitrogens with zero attached hydrogens (tertiary/aromatic N) is 10. The summed E-state index contributed by atoms with van der Waals surface area (Å²) < 4.78 is 18.1. The van der Waals surface area contributed by atoms with Gasteiger partial charge in [0, 0.05) is 60.8 Å². The zero-order valence-corrected chi connectivity index (χ0v) is 65.6. The van der Waals surface area contributed by atoms with E-state index in [1.54, 1.807) is 0 Å². The maximum Gasteiger partial charge on any atom is 0.226 e. The van der Waals surface area contributed by atoms with Gasteiger partial charge in [0.2, 0.25) is 13.9 Å². The Morgan fingerprint density at radius 1 is 0.203 bits per heavy atom. The molecule has 0 saturated carbocycles. The second kappa shape index (κ2) is 26.6. The van der Waals surface area contributed by atoms with E-state index in [0.29, 0.717) is 11.6 Å². The quantitative estimate of drug-likeness (QED) is 0.0794. The molecule has 11 nitrogen and oxygen atoms in total. The van der Waals surface area contributed by atoms with Gasteiger partial charge in [-0.1, -0.05) is 322 Å². The van der Waals surface area contributed by atoms with Crippen LogP contribution in [0, 0.1) is 0 Å². The minimum atomic E-state index is -3.58. The number of fused-ring (bicyclic) bond motifs is 17. The van der Waals surface area contributed by atoms with E-state index < -0.39 is 16.1 Å². The number of imidazole rings is 2. The molecule has 0 radical (unpaired) electrons. The van der Waals surface area contributed by atoms with Gasteiger partial charge in [0.15, 0.2) is 13.9 Å². The lowest BCUT2D eigenvalue weighted by atomic mass is 10.0. The molecular weight excluding hydrogens is 1470 g/mol. The van der Waals surface area contributed by atoms with E-state index in [-0.39, 0.29) is 0 Å². The number of hydrogen-bond donors (Lipinski definition) is 0. The average molecular weight is 1540 g/mol. The summed E-state index contributed by atoms with van der Waals surface area (Å²) in [5, 5.41) is 17.5. The van der Waals surface area contributed by atoms with Crippen LogP contribution in [-0.2, 0) is 0 Å². The Morgan fingerprint density at radius 3 is 1.06 bits per heavy atom. The van der Waals surface area contributed by atoms with Gasteiger partial charge in [0.05, 0.1) is 55.2 Å². The van der Waals surface area contributed by atoms with Gasteiger partial charge < -0.3 is 4.42 Å². The topological polar surface area (TPSA) is 102 Å². The van der Waals surface area contributed by atoms with Gasteiger partial charge in [-0.25, -0.2) is 24.9 Å². The summed E-state index contributed by atoms with van der Waals surface area (Å²) in [4.78, 5) is 29.2. The van der Waals surface area contributed by atoms with Gasteiger partial charge in [-0.05, 0) is 126 Å². The van der Waals surface area contributed by atoms with Crippen molar-refractivity contribution in [1.82, 2.24) is 47.6 Å². The predicted octanol–water partition coefficient (Wildman–Crippen LogP) is 19.3. The van der Waals surface area contributed by atoms with Crippen LogP contribution in [0.15, 0.2) is 417 Å². The number of rotatable bonds is 14. The number of furan rings is 1. The van der Waals surface area contributed by atoms with Crippen molar-refractivity contribution >= 4 is 173 Å². The van der Waals surface area contributed by atoms with E-state index in [1.807, 2.05) is 6.07 Å². The second-order valence-electron chi connectivity index (χ2n) is 30.6. The van der Waals surface area contributed by atoms with Crippen LogP contribution in [-0.4, -0.2) is 63.7 Å². The van der Waals surface area contributed by atoms with Crippen molar-refractivity contribution in [3.8, 4) is 45.8 Å². The Balaban J connectivity index is 0.691. The second-order valence-corrected chi connectivity index (χ2v) is 38.1. The SMILES string of the molecule is c1ccc([Si](c2ccccc2)(c2ccccc2)c2ccc(-c3nc(-n4c5ccccc5c5ccccc54)cc(-n4c5ccccc5c5cc(-c6ccc7nc8n(-c9cc(-n%10c%11ccccc%11c%11ccccc%11%10)nc([Si](c%10ccccc%10)(c%10ccccc%10)c%10ccc%11oc%12ccccc%12c%11c%10)n9)c9ccccc9n8c7c6)ccc54)n3)cc2)cc1. The molecule has 24 rings (SSSR count). The highest BCUT2D eigenvalue weighted by atomic mass is 28.3. The summed E-state index contributed by atoms with van der Waals surface area (Å²) in [6.45, 7) is 0. The molecule has 16 aromatic carbocycles. The van der Waals surface area contributed by atoms with Gasteiger partial charge in [-0.3, -0.25) is 22.7 Å². The summed E-state index contributed by atoms with van der Waals surface area (Å²) in [7, 11) is -6.43. The monoisotopic (exact) mass is 1540 g/mol. The van der Waals surface area contributed by atoms with Crippen LogP contribution in [0.3, 0.4) is 0 Å². The van der Waals surface area contributed by atoms with Gasteiger partial charge >= 0.3 is 0 Å². The summed E-state index contributed by atoms with van der Waals surface area (Å²) in [5.74, 6) is 4.29. The first-order chi connectivity index (χ1) is 58.5. The van der Waals surface area contributed by atoms with Crippen LogP contribution in [0.5, 0.6) is 0 Å². The fourth-order valence-corrected chi connectivity index (χ4v) is 28.5. The third kappa shape index (κ3) is 10.1. The molecule has 118 heavy (non-hydrogen) atoms. The first-order valence-corrected chi connectivity index (χ1v) is 44.0. The minimum absolute atomic E-state index is 0.618. The van der Waals surface area contributed by atoms with E-state index in [0.717, 1.165) is 170 Å². The Bertz CT molecular complexity index is 7890. The maximum atomic E-state index is 6.59. The molecular formula is C105H68N10OSi2. The van der Waals surface area contributed by atoms with E-state index in [2.05, 4.69) is 429 Å². The largest absolute Gasteiger partial charge is 0.456 e. The Morgan fingerprint density at radius 2 is 0.559 bits per heavy atom. The molecule has 0 saturated heterocycles. The van der Waals surface area contributed by atoms with Crippen LogP contribution < -0.4 is 41.8 Å². The van der Waals surface area contributed by atoms with Crippen molar-refractivity contribution in [2.45, 2.75) is 0 Å². The van der Waals surface area contributed by atoms with Crippen molar-refractivity contribution in [2.75, 3.05) is 0 Å². The maximum absolute atomic E-state index is 6.59. The molecule has 24 aromatic rings. The summed E-state index contributed by atoms with van der Waals surface area (Å²) in [5.41, 5.74) is 15.4. The third-order valence-corrected chi connectivity index (χ3v) is 33.7. The van der Waals surface area contributed by atoms with Crippen LogP contribution in [0.1, 0.15) is 0 Å². The van der Waals surface area contributed by atoms with Gasteiger partial charge in [0.25, 0.3) is 0 Å². The summed E-state index contributed by atoms with van der Waals surface area (Å²) >= 11 is 0. The number of hydrogen-bond acceptors (Lipinski definition) is 6. The number of para-hydroxylation sites is 8. The minimum Gasteiger partial charge on any atom is -0.456 e. The molecule has 0 bridgehead atoms. The molecule has 0 aliphatic heterocycles. The van der Waals surface area contributed by atoms with Gasteiger partial charge in [0.1, 0.15) is 39.9 Å². The van der Waals surface area contributed by atoms with Crippen LogP contribution in [0.25, 0.3) is 161 Å². The Hall–Kier alpha value is -15.4. The lowest BCUT2D eigenvalue weighted by Gasteiger charge is -2.34. The van der Waals surface area contributed by atoms with Gasteiger partial charge in [-0.15, -0.1) is 0 Å². The third-order valence-electron chi connectivity index (χ3n) is 24.4. The van der Waals surface area contributed by atoms with E-state index in [1.165, 1.54) is 20.7 Å². The molecule has 0 aliphatic carbocycles. The lowest BCUT2D eigenvalue weighted by Crippen LogP contribution is -2.76. The Labute approximate surface area is 678 Å². The van der Waals surface area contributed by atoms with Crippen LogP contribution in [0.4, 0.5) is 0 Å².